The van der Waals surface area contributed by atoms with Crippen LogP contribution in [0.25, 0.3) is 0 Å². The fraction of sp³-hybridized carbons (Fsp3) is 1.00. The summed E-state index contributed by atoms with van der Waals surface area (Å²) >= 11 is 0. The van der Waals surface area contributed by atoms with Crippen molar-refractivity contribution in [1.29, 1.82) is 0 Å². The fourth-order valence-electron chi connectivity index (χ4n) is 2.69. The van der Waals surface area contributed by atoms with Crippen molar-refractivity contribution >= 4 is 0 Å². The molecule has 2 aliphatic rings. The molecule has 2 atom stereocenters. The van der Waals surface area contributed by atoms with Crippen LogP contribution in [0, 0.1) is 5.92 Å². The first-order valence-electron chi connectivity index (χ1n) is 6.78. The Morgan fingerprint density at radius 2 is 2.12 bits per heavy atom. The first-order valence-corrected chi connectivity index (χ1v) is 6.78. The molecule has 94 valence electrons. The van der Waals surface area contributed by atoms with Gasteiger partial charge < -0.3 is 10.5 Å². The SMILES string of the molecule is CC(C)N1CCOC(C(N)CC2CCC2)C1. The molecule has 1 saturated heterocycles. The molecule has 0 bridgehead atoms. The van der Waals surface area contributed by atoms with Crippen LogP contribution in [0.2, 0.25) is 0 Å². The van der Waals surface area contributed by atoms with Gasteiger partial charge in [-0.1, -0.05) is 19.3 Å². The summed E-state index contributed by atoms with van der Waals surface area (Å²) in [5, 5.41) is 0. The van der Waals surface area contributed by atoms with Crippen LogP contribution in [0.15, 0.2) is 0 Å². The van der Waals surface area contributed by atoms with E-state index in [2.05, 4.69) is 18.7 Å². The Morgan fingerprint density at radius 3 is 2.69 bits per heavy atom. The van der Waals surface area contributed by atoms with E-state index in [1.54, 1.807) is 0 Å². The average molecular weight is 226 g/mol. The van der Waals surface area contributed by atoms with Crippen molar-refractivity contribution in [3.63, 3.8) is 0 Å². The van der Waals surface area contributed by atoms with Gasteiger partial charge >= 0.3 is 0 Å². The number of nitrogens with two attached hydrogens (primary N) is 1. The lowest BCUT2D eigenvalue weighted by atomic mass is 9.80. The molecule has 16 heavy (non-hydrogen) atoms. The smallest absolute Gasteiger partial charge is 0.0853 e. The molecule has 1 aliphatic heterocycles. The Hall–Kier alpha value is -0.120. The van der Waals surface area contributed by atoms with Gasteiger partial charge in [-0.3, -0.25) is 4.90 Å². The van der Waals surface area contributed by atoms with Crippen LogP contribution in [-0.4, -0.2) is 42.8 Å². The minimum atomic E-state index is 0.242. The molecule has 1 saturated carbocycles. The van der Waals surface area contributed by atoms with Crippen LogP contribution in [0.1, 0.15) is 39.5 Å². The minimum Gasteiger partial charge on any atom is -0.374 e. The van der Waals surface area contributed by atoms with Crippen molar-refractivity contribution in [3.8, 4) is 0 Å². The maximum absolute atomic E-state index is 6.27. The van der Waals surface area contributed by atoms with Crippen LogP contribution in [0.4, 0.5) is 0 Å². The van der Waals surface area contributed by atoms with Gasteiger partial charge in [0.15, 0.2) is 0 Å². The lowest BCUT2D eigenvalue weighted by molar-refractivity contribution is -0.0540. The van der Waals surface area contributed by atoms with E-state index in [4.69, 9.17) is 10.5 Å². The Morgan fingerprint density at radius 1 is 1.38 bits per heavy atom. The Kier molecular flexibility index (Phi) is 4.22. The molecule has 1 heterocycles. The third-order valence-corrected chi connectivity index (χ3v) is 4.16. The van der Waals surface area contributed by atoms with Crippen LogP contribution in [0.3, 0.4) is 0 Å². The summed E-state index contributed by atoms with van der Waals surface area (Å²) < 4.78 is 5.82. The molecule has 0 aromatic rings. The van der Waals surface area contributed by atoms with Crippen LogP contribution < -0.4 is 5.73 Å². The zero-order valence-corrected chi connectivity index (χ0v) is 10.7. The lowest BCUT2D eigenvalue weighted by Gasteiger charge is -2.39. The third kappa shape index (κ3) is 2.96. The number of nitrogens with zero attached hydrogens (tertiary/aromatic N) is 1. The average Bonchev–Trinajstić information content (AvgIpc) is 2.23. The third-order valence-electron chi connectivity index (χ3n) is 4.16. The van der Waals surface area contributed by atoms with Gasteiger partial charge in [-0.25, -0.2) is 0 Å². The van der Waals surface area contributed by atoms with Crippen molar-refractivity contribution in [2.75, 3.05) is 19.7 Å². The zero-order chi connectivity index (χ0) is 11.5. The van der Waals surface area contributed by atoms with E-state index in [0.717, 1.165) is 32.0 Å². The van der Waals surface area contributed by atoms with Gasteiger partial charge in [0.05, 0.1) is 12.7 Å². The Labute approximate surface area is 99.3 Å². The molecule has 2 N–H and O–H groups in total. The van der Waals surface area contributed by atoms with E-state index in [1.807, 2.05) is 0 Å². The molecule has 2 unspecified atom stereocenters. The monoisotopic (exact) mass is 226 g/mol. The van der Waals surface area contributed by atoms with Gasteiger partial charge in [0, 0.05) is 25.2 Å². The number of ether oxygens (including phenoxy) is 1. The summed E-state index contributed by atoms with van der Waals surface area (Å²) in [7, 11) is 0. The molecular formula is C13H26N2O. The van der Waals surface area contributed by atoms with Crippen LogP contribution >= 0.6 is 0 Å². The van der Waals surface area contributed by atoms with Gasteiger partial charge in [-0.2, -0.15) is 0 Å². The second kappa shape index (κ2) is 5.48. The normalized spacial score (nSPS) is 30.4. The maximum atomic E-state index is 6.27. The second-order valence-corrected chi connectivity index (χ2v) is 5.69. The largest absolute Gasteiger partial charge is 0.374 e. The standard InChI is InChI=1S/C13H26N2O/c1-10(2)15-6-7-16-13(9-15)12(14)8-11-4-3-5-11/h10-13H,3-9,14H2,1-2H3. The highest BCUT2D eigenvalue weighted by atomic mass is 16.5. The first-order chi connectivity index (χ1) is 7.66. The van der Waals surface area contributed by atoms with Crippen LogP contribution in [0.5, 0.6) is 0 Å². The van der Waals surface area contributed by atoms with Gasteiger partial charge in [0.2, 0.25) is 0 Å². The molecule has 1 aliphatic carbocycles. The highest BCUT2D eigenvalue weighted by Gasteiger charge is 2.30. The maximum Gasteiger partial charge on any atom is 0.0853 e. The van der Waals surface area contributed by atoms with E-state index in [0.29, 0.717) is 6.04 Å². The zero-order valence-electron chi connectivity index (χ0n) is 10.7. The highest BCUT2D eigenvalue weighted by Crippen LogP contribution is 2.31. The molecule has 3 nitrogen and oxygen atoms in total. The van der Waals surface area contributed by atoms with Crippen molar-refractivity contribution in [3.05, 3.63) is 0 Å². The lowest BCUT2D eigenvalue weighted by Crippen LogP contribution is -2.53. The quantitative estimate of drug-likeness (QED) is 0.791. The summed E-state index contributed by atoms with van der Waals surface area (Å²) in [6.07, 6.45) is 5.59. The fourth-order valence-corrected chi connectivity index (χ4v) is 2.69. The predicted molar refractivity (Wildman–Crippen MR) is 66.4 cm³/mol. The summed E-state index contributed by atoms with van der Waals surface area (Å²) in [6.45, 7) is 7.43. The molecule has 2 rings (SSSR count). The van der Waals surface area contributed by atoms with Gasteiger partial charge in [0.25, 0.3) is 0 Å². The van der Waals surface area contributed by atoms with E-state index in [1.165, 1.54) is 19.3 Å². The molecule has 3 heteroatoms. The summed E-state index contributed by atoms with van der Waals surface area (Å²) in [4.78, 5) is 2.48. The molecule has 0 radical (unpaired) electrons. The molecule has 2 fully saturated rings. The number of hydrogen-bond donors (Lipinski definition) is 1. The van der Waals surface area contributed by atoms with Crippen molar-refractivity contribution in [2.24, 2.45) is 11.7 Å². The van der Waals surface area contributed by atoms with Crippen LogP contribution in [-0.2, 0) is 4.74 Å². The van der Waals surface area contributed by atoms with E-state index < -0.39 is 0 Å². The topological polar surface area (TPSA) is 38.5 Å². The number of rotatable bonds is 4. The molecule has 0 spiro atoms. The molecular weight excluding hydrogens is 200 g/mol. The van der Waals surface area contributed by atoms with E-state index in [9.17, 15) is 0 Å². The van der Waals surface area contributed by atoms with Gasteiger partial charge in [-0.15, -0.1) is 0 Å². The van der Waals surface area contributed by atoms with E-state index in [-0.39, 0.29) is 12.1 Å². The van der Waals surface area contributed by atoms with E-state index >= 15 is 0 Å². The number of morpholine rings is 1. The summed E-state index contributed by atoms with van der Waals surface area (Å²) in [5.41, 5.74) is 6.27. The highest BCUT2D eigenvalue weighted by molar-refractivity contribution is 4.85. The molecule has 0 amide bonds. The minimum absolute atomic E-state index is 0.242. The first kappa shape index (κ1) is 12.3. The predicted octanol–water partition coefficient (Wildman–Crippen LogP) is 1.61. The van der Waals surface area contributed by atoms with Gasteiger partial charge in [-0.05, 0) is 26.2 Å². The number of hydrogen-bond acceptors (Lipinski definition) is 3. The Bertz CT molecular complexity index is 216. The Balaban J connectivity index is 1.78. The van der Waals surface area contributed by atoms with Crippen molar-refractivity contribution < 1.29 is 4.74 Å². The molecule has 0 aromatic carbocycles. The molecule has 0 aromatic heterocycles. The summed E-state index contributed by atoms with van der Waals surface area (Å²) in [5.74, 6) is 0.882. The summed E-state index contributed by atoms with van der Waals surface area (Å²) in [6, 6.07) is 0.856. The van der Waals surface area contributed by atoms with Crippen molar-refractivity contribution in [1.82, 2.24) is 4.90 Å². The second-order valence-electron chi connectivity index (χ2n) is 5.69. The van der Waals surface area contributed by atoms with Gasteiger partial charge in [0.1, 0.15) is 0 Å². The van der Waals surface area contributed by atoms with Crippen molar-refractivity contribution in [2.45, 2.75) is 57.7 Å².